The second kappa shape index (κ2) is 6.96. The molecule has 1 aromatic carbocycles. The average molecular weight is 282 g/mol. The van der Waals surface area contributed by atoms with Gasteiger partial charge in [0.15, 0.2) is 0 Å². The van der Waals surface area contributed by atoms with Crippen LogP contribution in [0, 0.1) is 11.7 Å². The van der Waals surface area contributed by atoms with E-state index in [1.54, 1.807) is 6.07 Å². The maximum Gasteiger partial charge on any atom is 0.123 e. The summed E-state index contributed by atoms with van der Waals surface area (Å²) < 4.78 is 13.3. The topological polar surface area (TPSA) is 29.3 Å². The van der Waals surface area contributed by atoms with E-state index in [-0.39, 0.29) is 10.8 Å². The number of thiocarbonyl (C=S) groups is 1. The summed E-state index contributed by atoms with van der Waals surface area (Å²) in [5.41, 5.74) is 7.31. The van der Waals surface area contributed by atoms with E-state index in [2.05, 4.69) is 32.6 Å². The number of hydrogen-bond acceptors (Lipinski definition) is 2. The molecule has 2 N–H and O–H groups in total. The molecule has 0 radical (unpaired) electrons. The Morgan fingerprint density at radius 1 is 1.32 bits per heavy atom. The van der Waals surface area contributed by atoms with Gasteiger partial charge < -0.3 is 5.73 Å². The zero-order valence-corrected chi connectivity index (χ0v) is 12.9. The monoisotopic (exact) mass is 282 g/mol. The first-order chi connectivity index (χ1) is 8.81. The second-order valence-corrected chi connectivity index (χ2v) is 6.02. The van der Waals surface area contributed by atoms with Crippen molar-refractivity contribution < 1.29 is 4.39 Å². The molecule has 19 heavy (non-hydrogen) atoms. The van der Waals surface area contributed by atoms with Crippen molar-refractivity contribution in [2.75, 3.05) is 6.54 Å². The zero-order valence-electron chi connectivity index (χ0n) is 12.1. The normalized spacial score (nSPS) is 11.6. The highest BCUT2D eigenvalue weighted by atomic mass is 32.1. The Hall–Kier alpha value is -1.00. The molecular weight excluding hydrogens is 259 g/mol. The molecule has 0 spiro atoms. The first kappa shape index (κ1) is 16.1. The molecule has 0 fully saturated rings. The van der Waals surface area contributed by atoms with Crippen LogP contribution in [0.2, 0.25) is 0 Å². The Bertz CT molecular complexity index is 444. The van der Waals surface area contributed by atoms with E-state index in [1.807, 2.05) is 0 Å². The molecule has 0 heterocycles. The molecule has 0 aromatic heterocycles. The van der Waals surface area contributed by atoms with Crippen molar-refractivity contribution in [3.05, 3.63) is 35.1 Å². The number of nitrogens with two attached hydrogens (primary N) is 1. The van der Waals surface area contributed by atoms with E-state index in [9.17, 15) is 4.39 Å². The maximum atomic E-state index is 13.3. The Labute approximate surface area is 120 Å². The van der Waals surface area contributed by atoms with Gasteiger partial charge in [-0.3, -0.25) is 4.90 Å². The van der Waals surface area contributed by atoms with Gasteiger partial charge in [0, 0.05) is 24.7 Å². The lowest BCUT2D eigenvalue weighted by Crippen LogP contribution is -2.34. The van der Waals surface area contributed by atoms with Crippen LogP contribution < -0.4 is 5.73 Å². The maximum absolute atomic E-state index is 13.3. The number of nitrogens with zero attached hydrogens (tertiary/aromatic N) is 1. The van der Waals surface area contributed by atoms with Gasteiger partial charge in [-0.1, -0.05) is 32.1 Å². The fourth-order valence-electron chi connectivity index (χ4n) is 2.06. The Morgan fingerprint density at radius 2 is 1.95 bits per heavy atom. The summed E-state index contributed by atoms with van der Waals surface area (Å²) in [6, 6.07) is 5.09. The summed E-state index contributed by atoms with van der Waals surface area (Å²) in [7, 11) is 0. The summed E-state index contributed by atoms with van der Waals surface area (Å²) in [4.78, 5) is 2.60. The van der Waals surface area contributed by atoms with Gasteiger partial charge in [0.05, 0.1) is 0 Å². The third-order valence-corrected chi connectivity index (χ3v) is 3.26. The van der Waals surface area contributed by atoms with Gasteiger partial charge in [-0.05, 0) is 37.5 Å². The molecule has 0 amide bonds. The first-order valence-corrected chi connectivity index (χ1v) is 7.04. The van der Waals surface area contributed by atoms with E-state index in [0.29, 0.717) is 17.5 Å². The van der Waals surface area contributed by atoms with Gasteiger partial charge >= 0.3 is 0 Å². The molecule has 0 unspecified atom stereocenters. The SMILES string of the molecule is CC(C)CN(Cc1ccc(F)cc1C(N)=S)C(C)C. The van der Waals surface area contributed by atoms with Crippen LogP contribution in [0.1, 0.15) is 38.8 Å². The Balaban J connectivity index is 2.99. The van der Waals surface area contributed by atoms with Gasteiger partial charge in [-0.15, -0.1) is 0 Å². The number of benzene rings is 1. The van der Waals surface area contributed by atoms with E-state index < -0.39 is 0 Å². The van der Waals surface area contributed by atoms with Gasteiger partial charge in [-0.25, -0.2) is 4.39 Å². The van der Waals surface area contributed by atoms with Crippen molar-refractivity contribution in [3.63, 3.8) is 0 Å². The predicted molar refractivity (Wildman–Crippen MR) is 82.7 cm³/mol. The van der Waals surface area contributed by atoms with Crippen molar-refractivity contribution in [3.8, 4) is 0 Å². The van der Waals surface area contributed by atoms with Crippen LogP contribution in [-0.2, 0) is 6.54 Å². The summed E-state index contributed by atoms with van der Waals surface area (Å²) >= 11 is 5.01. The van der Waals surface area contributed by atoms with Crippen molar-refractivity contribution in [2.24, 2.45) is 11.7 Å². The van der Waals surface area contributed by atoms with Crippen molar-refractivity contribution in [2.45, 2.75) is 40.3 Å². The smallest absolute Gasteiger partial charge is 0.123 e. The quantitative estimate of drug-likeness (QED) is 0.812. The number of hydrogen-bond donors (Lipinski definition) is 1. The average Bonchev–Trinajstić information content (AvgIpc) is 2.29. The lowest BCUT2D eigenvalue weighted by atomic mass is 10.0. The third kappa shape index (κ3) is 4.88. The lowest BCUT2D eigenvalue weighted by Gasteiger charge is -2.29. The first-order valence-electron chi connectivity index (χ1n) is 6.63. The molecule has 0 aliphatic carbocycles. The fourth-order valence-corrected chi connectivity index (χ4v) is 2.25. The third-order valence-electron chi connectivity index (χ3n) is 3.04. The summed E-state index contributed by atoms with van der Waals surface area (Å²) in [6.07, 6.45) is 0. The van der Waals surface area contributed by atoms with Crippen LogP contribution >= 0.6 is 12.2 Å². The Morgan fingerprint density at radius 3 is 2.42 bits per heavy atom. The van der Waals surface area contributed by atoms with E-state index in [1.165, 1.54) is 12.1 Å². The highest BCUT2D eigenvalue weighted by Gasteiger charge is 2.15. The van der Waals surface area contributed by atoms with Crippen LogP contribution in [0.15, 0.2) is 18.2 Å². The second-order valence-electron chi connectivity index (χ2n) is 5.58. The molecule has 1 aromatic rings. The van der Waals surface area contributed by atoms with Gasteiger partial charge in [0.1, 0.15) is 10.8 Å². The fraction of sp³-hybridized carbons (Fsp3) is 0.533. The van der Waals surface area contributed by atoms with Crippen molar-refractivity contribution >= 4 is 17.2 Å². The molecule has 1 rings (SSSR count). The highest BCUT2D eigenvalue weighted by molar-refractivity contribution is 7.80. The van der Waals surface area contributed by atoms with Gasteiger partial charge in [-0.2, -0.15) is 0 Å². The lowest BCUT2D eigenvalue weighted by molar-refractivity contribution is 0.189. The number of rotatable bonds is 6. The van der Waals surface area contributed by atoms with Gasteiger partial charge in [0.25, 0.3) is 0 Å². The van der Waals surface area contributed by atoms with Gasteiger partial charge in [0.2, 0.25) is 0 Å². The van der Waals surface area contributed by atoms with Crippen molar-refractivity contribution in [1.29, 1.82) is 0 Å². The standard InChI is InChI=1S/C15H23FN2S/c1-10(2)8-18(11(3)4)9-12-5-6-13(16)7-14(12)15(17)19/h5-7,10-11H,8-9H2,1-4H3,(H2,17,19). The summed E-state index contributed by atoms with van der Waals surface area (Å²) in [5.74, 6) is 0.280. The summed E-state index contributed by atoms with van der Waals surface area (Å²) in [6.45, 7) is 10.4. The summed E-state index contributed by atoms with van der Waals surface area (Å²) in [5, 5.41) is 0. The number of halogens is 1. The molecule has 4 heteroatoms. The van der Waals surface area contributed by atoms with Crippen LogP contribution in [0.4, 0.5) is 4.39 Å². The molecule has 0 saturated heterocycles. The predicted octanol–water partition coefficient (Wildman–Crippen LogP) is 3.33. The molecule has 0 atom stereocenters. The van der Waals surface area contributed by atoms with Crippen LogP contribution in [0.3, 0.4) is 0 Å². The minimum Gasteiger partial charge on any atom is -0.389 e. The van der Waals surface area contributed by atoms with E-state index in [0.717, 1.165) is 18.7 Å². The Kier molecular flexibility index (Phi) is 5.88. The molecular formula is C15H23FN2S. The highest BCUT2D eigenvalue weighted by Crippen LogP contribution is 2.16. The molecule has 106 valence electrons. The molecule has 0 aliphatic rings. The van der Waals surface area contributed by atoms with Crippen molar-refractivity contribution in [1.82, 2.24) is 4.90 Å². The molecule has 0 aliphatic heterocycles. The van der Waals surface area contributed by atoms with Crippen LogP contribution in [0.5, 0.6) is 0 Å². The van der Waals surface area contributed by atoms with Crippen LogP contribution in [0.25, 0.3) is 0 Å². The largest absolute Gasteiger partial charge is 0.389 e. The molecule has 2 nitrogen and oxygen atoms in total. The van der Waals surface area contributed by atoms with E-state index in [4.69, 9.17) is 18.0 Å². The molecule has 0 saturated carbocycles. The minimum atomic E-state index is -0.300. The van der Waals surface area contributed by atoms with Crippen LogP contribution in [-0.4, -0.2) is 22.5 Å². The zero-order chi connectivity index (χ0) is 14.6. The minimum absolute atomic E-state index is 0.253. The van der Waals surface area contributed by atoms with E-state index >= 15 is 0 Å². The molecule has 0 bridgehead atoms.